The third-order valence-electron chi connectivity index (χ3n) is 4.87. The number of allylic oxidation sites excluding steroid dienone is 4. The normalized spacial score (nSPS) is 11.9. The van der Waals surface area contributed by atoms with Crippen molar-refractivity contribution in [2.24, 2.45) is 0 Å². The topological polar surface area (TPSA) is 111 Å². The molecule has 29 heavy (non-hydrogen) atoms. The Labute approximate surface area is 167 Å². The minimum absolute atomic E-state index is 0.0774. The van der Waals surface area contributed by atoms with Gasteiger partial charge in [0, 0.05) is 11.6 Å². The van der Waals surface area contributed by atoms with Crippen molar-refractivity contribution in [2.45, 2.75) is 40.0 Å². The summed E-state index contributed by atoms with van der Waals surface area (Å²) in [6, 6.07) is 3.61. The fourth-order valence-corrected chi connectivity index (χ4v) is 3.26. The Morgan fingerprint density at radius 3 is 2.34 bits per heavy atom. The molecule has 3 aromatic rings. The summed E-state index contributed by atoms with van der Waals surface area (Å²) in [5.74, 6) is -1.30. The van der Waals surface area contributed by atoms with Crippen molar-refractivity contribution < 1.29 is 24.8 Å². The Bertz CT molecular complexity index is 1210. The molecule has 4 N–H and O–H groups in total. The molecule has 0 aliphatic heterocycles. The van der Waals surface area contributed by atoms with Gasteiger partial charge in [-0.2, -0.15) is 0 Å². The summed E-state index contributed by atoms with van der Waals surface area (Å²) in [6.07, 6.45) is 6.02. The Kier molecular flexibility index (Phi) is 5.55. The van der Waals surface area contributed by atoms with Gasteiger partial charge in [-0.3, -0.25) is 4.79 Å². The first-order chi connectivity index (χ1) is 13.7. The lowest BCUT2D eigenvalue weighted by Gasteiger charge is -2.11. The molecule has 0 bridgehead atoms. The van der Waals surface area contributed by atoms with Gasteiger partial charge in [0.1, 0.15) is 33.6 Å². The van der Waals surface area contributed by atoms with E-state index in [2.05, 4.69) is 6.08 Å². The molecular weight excluding hydrogens is 372 g/mol. The van der Waals surface area contributed by atoms with E-state index < -0.39 is 11.2 Å². The summed E-state index contributed by atoms with van der Waals surface area (Å²) in [4.78, 5) is 12.9. The van der Waals surface area contributed by atoms with Crippen LogP contribution in [0.5, 0.6) is 23.0 Å². The van der Waals surface area contributed by atoms with E-state index >= 15 is 0 Å². The van der Waals surface area contributed by atoms with E-state index in [1.54, 1.807) is 0 Å². The standard InChI is InChI=1S/C23H24O6/c1-12(2)5-4-6-13(3)7-8-14-17(26)11-18-20(21(14)27)22(28)19-15(24)9-10-16(25)23(19)29-18/h5,7,9-11,24-27H,4,6,8H2,1-3H3. The van der Waals surface area contributed by atoms with E-state index in [4.69, 9.17) is 4.42 Å². The maximum atomic E-state index is 12.9. The van der Waals surface area contributed by atoms with Crippen molar-refractivity contribution in [1.82, 2.24) is 0 Å². The molecule has 2 aromatic carbocycles. The molecule has 1 heterocycles. The van der Waals surface area contributed by atoms with Crippen LogP contribution in [0.1, 0.15) is 39.2 Å². The van der Waals surface area contributed by atoms with Crippen LogP contribution in [-0.2, 0) is 6.42 Å². The summed E-state index contributed by atoms with van der Waals surface area (Å²) in [6.45, 7) is 6.05. The molecule has 0 radical (unpaired) electrons. The number of hydrogen-bond acceptors (Lipinski definition) is 6. The molecule has 3 rings (SSSR count). The first-order valence-electron chi connectivity index (χ1n) is 9.35. The molecule has 0 aliphatic rings. The third kappa shape index (κ3) is 3.92. The van der Waals surface area contributed by atoms with Gasteiger partial charge in [-0.1, -0.05) is 23.3 Å². The van der Waals surface area contributed by atoms with Gasteiger partial charge in [0.05, 0.1) is 0 Å². The number of fused-ring (bicyclic) bond motifs is 2. The van der Waals surface area contributed by atoms with Crippen LogP contribution < -0.4 is 5.43 Å². The van der Waals surface area contributed by atoms with Crippen molar-refractivity contribution in [2.75, 3.05) is 0 Å². The average Bonchev–Trinajstić information content (AvgIpc) is 2.63. The van der Waals surface area contributed by atoms with Crippen molar-refractivity contribution in [1.29, 1.82) is 0 Å². The smallest absolute Gasteiger partial charge is 0.208 e. The lowest BCUT2D eigenvalue weighted by molar-refractivity contribution is 0.441. The molecule has 0 saturated carbocycles. The van der Waals surface area contributed by atoms with Gasteiger partial charge in [0.25, 0.3) is 0 Å². The molecule has 0 saturated heterocycles. The maximum Gasteiger partial charge on any atom is 0.208 e. The highest BCUT2D eigenvalue weighted by Gasteiger charge is 2.21. The molecule has 6 nitrogen and oxygen atoms in total. The molecule has 0 amide bonds. The number of rotatable bonds is 5. The molecular formula is C23H24O6. The number of aromatic hydroxyl groups is 4. The molecule has 1 aromatic heterocycles. The number of benzene rings is 2. The predicted molar refractivity (Wildman–Crippen MR) is 113 cm³/mol. The van der Waals surface area contributed by atoms with Gasteiger partial charge in [-0.05, 0) is 52.2 Å². The number of hydrogen-bond donors (Lipinski definition) is 4. The molecule has 6 heteroatoms. The largest absolute Gasteiger partial charge is 0.507 e. The van der Waals surface area contributed by atoms with Gasteiger partial charge in [0.2, 0.25) is 5.43 Å². The van der Waals surface area contributed by atoms with Gasteiger partial charge in [0.15, 0.2) is 11.3 Å². The van der Waals surface area contributed by atoms with Crippen LogP contribution in [0, 0.1) is 0 Å². The van der Waals surface area contributed by atoms with E-state index in [0.29, 0.717) is 0 Å². The van der Waals surface area contributed by atoms with Crippen LogP contribution >= 0.6 is 0 Å². The first kappa shape index (κ1) is 20.3. The highest BCUT2D eigenvalue weighted by Crippen LogP contribution is 2.39. The molecule has 0 unspecified atom stereocenters. The maximum absolute atomic E-state index is 12.9. The van der Waals surface area contributed by atoms with Gasteiger partial charge >= 0.3 is 0 Å². The molecule has 0 aliphatic carbocycles. The third-order valence-corrected chi connectivity index (χ3v) is 4.87. The Morgan fingerprint density at radius 1 is 0.966 bits per heavy atom. The summed E-state index contributed by atoms with van der Waals surface area (Å²) < 4.78 is 5.50. The minimum atomic E-state index is -0.683. The van der Waals surface area contributed by atoms with Crippen LogP contribution in [0.15, 0.2) is 50.7 Å². The highest BCUT2D eigenvalue weighted by atomic mass is 16.4. The second-order valence-electron chi connectivity index (χ2n) is 7.41. The second kappa shape index (κ2) is 7.91. The molecule has 152 valence electrons. The van der Waals surface area contributed by atoms with Gasteiger partial charge in [-0.15, -0.1) is 0 Å². The number of phenolic OH excluding ortho intramolecular Hbond substituents is 4. The Balaban J connectivity index is 2.10. The quantitative estimate of drug-likeness (QED) is 0.274. The Morgan fingerprint density at radius 2 is 1.66 bits per heavy atom. The van der Waals surface area contributed by atoms with Crippen LogP contribution in [0.4, 0.5) is 0 Å². The van der Waals surface area contributed by atoms with E-state index in [1.165, 1.54) is 23.8 Å². The monoisotopic (exact) mass is 396 g/mol. The van der Waals surface area contributed by atoms with Crippen LogP contribution in [0.3, 0.4) is 0 Å². The first-order valence-corrected chi connectivity index (χ1v) is 9.35. The lowest BCUT2D eigenvalue weighted by Crippen LogP contribution is -2.04. The average molecular weight is 396 g/mol. The SMILES string of the molecule is CC(C)=CCCC(C)=CCc1c(O)cc2oc3c(O)ccc(O)c3c(=O)c2c1O. The fourth-order valence-electron chi connectivity index (χ4n) is 3.26. The van der Waals surface area contributed by atoms with E-state index in [0.717, 1.165) is 18.4 Å². The van der Waals surface area contributed by atoms with Crippen LogP contribution in [-0.4, -0.2) is 20.4 Å². The summed E-state index contributed by atoms with van der Waals surface area (Å²) in [5, 5.41) is 40.7. The summed E-state index contributed by atoms with van der Waals surface area (Å²) in [7, 11) is 0. The van der Waals surface area contributed by atoms with E-state index in [-0.39, 0.29) is 51.2 Å². The zero-order valence-corrected chi connectivity index (χ0v) is 16.6. The second-order valence-corrected chi connectivity index (χ2v) is 7.41. The van der Waals surface area contributed by atoms with E-state index in [9.17, 15) is 25.2 Å². The lowest BCUT2D eigenvalue weighted by atomic mass is 10.0. The fraction of sp³-hybridized carbons (Fsp3) is 0.261. The van der Waals surface area contributed by atoms with Crippen molar-refractivity contribution in [3.05, 3.63) is 57.3 Å². The Hall–Kier alpha value is -3.41. The minimum Gasteiger partial charge on any atom is -0.507 e. The van der Waals surface area contributed by atoms with Crippen molar-refractivity contribution in [3.63, 3.8) is 0 Å². The van der Waals surface area contributed by atoms with Crippen LogP contribution in [0.25, 0.3) is 21.9 Å². The van der Waals surface area contributed by atoms with Crippen LogP contribution in [0.2, 0.25) is 0 Å². The molecule has 0 spiro atoms. The van der Waals surface area contributed by atoms with E-state index in [1.807, 2.05) is 26.8 Å². The van der Waals surface area contributed by atoms with Gasteiger partial charge < -0.3 is 24.8 Å². The van der Waals surface area contributed by atoms with Crippen molar-refractivity contribution >= 4 is 21.9 Å². The summed E-state index contributed by atoms with van der Waals surface area (Å²) in [5.41, 5.74) is 1.57. The molecule has 0 atom stereocenters. The zero-order chi connectivity index (χ0) is 21.3. The molecule has 0 fully saturated rings. The predicted octanol–water partition coefficient (Wildman–Crippen LogP) is 5.00. The van der Waals surface area contributed by atoms with Crippen molar-refractivity contribution in [3.8, 4) is 23.0 Å². The highest BCUT2D eigenvalue weighted by molar-refractivity contribution is 5.99. The summed E-state index contributed by atoms with van der Waals surface area (Å²) >= 11 is 0. The zero-order valence-electron chi connectivity index (χ0n) is 16.6. The van der Waals surface area contributed by atoms with Gasteiger partial charge in [-0.25, -0.2) is 0 Å². The number of phenols is 4.